The van der Waals surface area contributed by atoms with Crippen LogP contribution in [0.2, 0.25) is 0 Å². The van der Waals surface area contributed by atoms with E-state index >= 15 is 0 Å². The minimum Gasteiger partial charge on any atom is -0.506 e. The maximum Gasteiger partial charge on any atom is 0.225 e. The summed E-state index contributed by atoms with van der Waals surface area (Å²) in [5.41, 5.74) is 1.16. The highest BCUT2D eigenvalue weighted by molar-refractivity contribution is 5.77. The summed E-state index contributed by atoms with van der Waals surface area (Å²) in [5.74, 6) is -0.363. The van der Waals surface area contributed by atoms with Gasteiger partial charge in [-0.2, -0.15) is 0 Å². The van der Waals surface area contributed by atoms with E-state index in [1.54, 1.807) is 23.1 Å². The standard InChI is InChI=1S/C19H21FN2O3/c20-15-5-3-4-14(12-15)18(24)13-19(25)22-10-8-21(9-11-22)16-6-1-2-7-17(16)23/h1-7,12,18,23-24H,8-11,13H2. The summed E-state index contributed by atoms with van der Waals surface area (Å²) in [7, 11) is 0. The maximum absolute atomic E-state index is 13.2. The molecule has 1 aliphatic rings. The van der Waals surface area contributed by atoms with E-state index in [0.29, 0.717) is 31.7 Å². The monoisotopic (exact) mass is 344 g/mol. The number of halogens is 1. The molecule has 0 bridgehead atoms. The van der Waals surface area contributed by atoms with Crippen molar-refractivity contribution in [3.8, 4) is 5.75 Å². The van der Waals surface area contributed by atoms with Gasteiger partial charge in [0, 0.05) is 26.2 Å². The van der Waals surface area contributed by atoms with E-state index in [1.165, 1.54) is 18.2 Å². The first kappa shape index (κ1) is 17.2. The van der Waals surface area contributed by atoms with Crippen LogP contribution < -0.4 is 4.90 Å². The number of aliphatic hydroxyl groups is 1. The molecule has 0 aliphatic carbocycles. The molecule has 6 heteroatoms. The second kappa shape index (κ2) is 7.53. The number of amides is 1. The van der Waals surface area contributed by atoms with Crippen LogP contribution in [0.1, 0.15) is 18.1 Å². The van der Waals surface area contributed by atoms with Gasteiger partial charge < -0.3 is 20.0 Å². The van der Waals surface area contributed by atoms with Crippen LogP contribution in [0.15, 0.2) is 48.5 Å². The molecule has 0 spiro atoms. The van der Waals surface area contributed by atoms with Gasteiger partial charge in [-0.1, -0.05) is 24.3 Å². The van der Waals surface area contributed by atoms with Gasteiger partial charge in [0.25, 0.3) is 0 Å². The summed E-state index contributed by atoms with van der Waals surface area (Å²) in [6, 6.07) is 12.8. The highest BCUT2D eigenvalue weighted by Gasteiger charge is 2.24. The molecule has 0 aromatic heterocycles. The molecule has 1 heterocycles. The van der Waals surface area contributed by atoms with Crippen LogP contribution in [-0.4, -0.2) is 47.2 Å². The Morgan fingerprint density at radius 2 is 1.80 bits per heavy atom. The van der Waals surface area contributed by atoms with Gasteiger partial charge in [-0.15, -0.1) is 0 Å². The van der Waals surface area contributed by atoms with Crippen molar-refractivity contribution >= 4 is 11.6 Å². The number of aromatic hydroxyl groups is 1. The van der Waals surface area contributed by atoms with Crippen molar-refractivity contribution in [2.75, 3.05) is 31.1 Å². The molecule has 1 fully saturated rings. The number of carbonyl (C=O) groups excluding carboxylic acids is 1. The first-order chi connectivity index (χ1) is 12.0. The topological polar surface area (TPSA) is 64.0 Å². The molecule has 2 N–H and O–H groups in total. The van der Waals surface area contributed by atoms with Gasteiger partial charge in [-0.05, 0) is 29.8 Å². The molecule has 1 aliphatic heterocycles. The summed E-state index contributed by atoms with van der Waals surface area (Å²) in [6.07, 6.45) is -1.08. The molecule has 0 radical (unpaired) electrons. The molecule has 3 rings (SSSR count). The van der Waals surface area contributed by atoms with Crippen LogP contribution in [0.5, 0.6) is 5.75 Å². The lowest BCUT2D eigenvalue weighted by atomic mass is 10.1. The number of hydrogen-bond acceptors (Lipinski definition) is 4. The normalized spacial score (nSPS) is 15.9. The minimum absolute atomic E-state index is 0.0694. The summed E-state index contributed by atoms with van der Waals surface area (Å²) >= 11 is 0. The van der Waals surface area contributed by atoms with Crippen molar-refractivity contribution in [2.24, 2.45) is 0 Å². The Morgan fingerprint density at radius 3 is 2.48 bits per heavy atom. The largest absolute Gasteiger partial charge is 0.506 e. The Labute approximate surface area is 145 Å². The molecule has 25 heavy (non-hydrogen) atoms. The van der Waals surface area contributed by atoms with Crippen LogP contribution in [0, 0.1) is 5.82 Å². The molecule has 0 saturated carbocycles. The first-order valence-electron chi connectivity index (χ1n) is 8.29. The van der Waals surface area contributed by atoms with Gasteiger partial charge in [0.05, 0.1) is 18.2 Å². The number of anilines is 1. The lowest BCUT2D eigenvalue weighted by Crippen LogP contribution is -2.49. The molecule has 2 aromatic rings. The van der Waals surface area contributed by atoms with E-state index in [1.807, 2.05) is 17.0 Å². The van der Waals surface area contributed by atoms with Gasteiger partial charge in [0.15, 0.2) is 0 Å². The average molecular weight is 344 g/mol. The highest BCUT2D eigenvalue weighted by Crippen LogP contribution is 2.27. The zero-order valence-corrected chi connectivity index (χ0v) is 13.8. The zero-order valence-electron chi connectivity index (χ0n) is 13.8. The molecule has 1 unspecified atom stereocenters. The predicted octanol–water partition coefficient (Wildman–Crippen LogP) is 2.30. The quantitative estimate of drug-likeness (QED) is 0.893. The third-order valence-corrected chi connectivity index (χ3v) is 4.46. The smallest absolute Gasteiger partial charge is 0.225 e. The molecular weight excluding hydrogens is 323 g/mol. The summed E-state index contributed by atoms with van der Waals surface area (Å²) in [4.78, 5) is 16.1. The number of benzene rings is 2. The van der Waals surface area contributed by atoms with Gasteiger partial charge in [0.1, 0.15) is 11.6 Å². The van der Waals surface area contributed by atoms with E-state index in [4.69, 9.17) is 0 Å². The molecular formula is C19H21FN2O3. The second-order valence-electron chi connectivity index (χ2n) is 6.13. The SMILES string of the molecule is O=C(CC(O)c1cccc(F)c1)N1CCN(c2ccccc2O)CC1. The van der Waals surface area contributed by atoms with Gasteiger partial charge in [-0.25, -0.2) is 4.39 Å². The van der Waals surface area contributed by atoms with E-state index in [-0.39, 0.29) is 18.1 Å². The van der Waals surface area contributed by atoms with E-state index in [2.05, 4.69) is 0 Å². The minimum atomic E-state index is -1.01. The Morgan fingerprint density at radius 1 is 1.08 bits per heavy atom. The third kappa shape index (κ3) is 4.09. The van der Waals surface area contributed by atoms with Crippen LogP contribution >= 0.6 is 0 Å². The highest BCUT2D eigenvalue weighted by atomic mass is 19.1. The fourth-order valence-corrected chi connectivity index (χ4v) is 3.05. The van der Waals surface area contributed by atoms with Crippen molar-refractivity contribution in [1.29, 1.82) is 0 Å². The van der Waals surface area contributed by atoms with Crippen LogP contribution in [-0.2, 0) is 4.79 Å². The molecule has 132 valence electrons. The summed E-state index contributed by atoms with van der Waals surface area (Å²) in [6.45, 7) is 2.25. The van der Waals surface area contributed by atoms with E-state index in [0.717, 1.165) is 5.69 Å². The van der Waals surface area contributed by atoms with Crippen molar-refractivity contribution in [3.05, 3.63) is 59.9 Å². The lowest BCUT2D eigenvalue weighted by molar-refractivity contribution is -0.133. The lowest BCUT2D eigenvalue weighted by Gasteiger charge is -2.36. The maximum atomic E-state index is 13.2. The number of phenolic OH excluding ortho intramolecular Hbond substituents is 1. The average Bonchev–Trinajstić information content (AvgIpc) is 2.62. The summed E-state index contributed by atoms with van der Waals surface area (Å²) < 4.78 is 13.2. The number of aliphatic hydroxyl groups excluding tert-OH is 1. The zero-order chi connectivity index (χ0) is 17.8. The van der Waals surface area contributed by atoms with E-state index < -0.39 is 11.9 Å². The Hall–Kier alpha value is -2.60. The van der Waals surface area contributed by atoms with Crippen LogP contribution in [0.25, 0.3) is 0 Å². The Balaban J connectivity index is 1.56. The number of rotatable bonds is 4. The first-order valence-corrected chi connectivity index (χ1v) is 8.29. The van der Waals surface area contributed by atoms with Crippen molar-refractivity contribution in [1.82, 2.24) is 4.90 Å². The fraction of sp³-hybridized carbons (Fsp3) is 0.316. The Kier molecular flexibility index (Phi) is 5.19. The molecule has 2 aromatic carbocycles. The molecule has 1 saturated heterocycles. The van der Waals surface area contributed by atoms with Gasteiger partial charge in [0.2, 0.25) is 5.91 Å². The number of nitrogens with zero attached hydrogens (tertiary/aromatic N) is 2. The van der Waals surface area contributed by atoms with Crippen LogP contribution in [0.3, 0.4) is 0 Å². The number of carbonyl (C=O) groups is 1. The number of phenols is 1. The van der Waals surface area contributed by atoms with Crippen molar-refractivity contribution in [2.45, 2.75) is 12.5 Å². The second-order valence-corrected chi connectivity index (χ2v) is 6.13. The number of hydrogen-bond donors (Lipinski definition) is 2. The van der Waals surface area contributed by atoms with Crippen molar-refractivity contribution in [3.63, 3.8) is 0 Å². The summed E-state index contributed by atoms with van der Waals surface area (Å²) in [5, 5.41) is 20.1. The molecule has 1 atom stereocenters. The fourth-order valence-electron chi connectivity index (χ4n) is 3.05. The van der Waals surface area contributed by atoms with Crippen LogP contribution in [0.4, 0.5) is 10.1 Å². The number of piperazine rings is 1. The predicted molar refractivity (Wildman–Crippen MR) is 92.9 cm³/mol. The third-order valence-electron chi connectivity index (χ3n) is 4.46. The van der Waals surface area contributed by atoms with Gasteiger partial charge >= 0.3 is 0 Å². The van der Waals surface area contributed by atoms with E-state index in [9.17, 15) is 19.4 Å². The molecule has 1 amide bonds. The Bertz CT molecular complexity index is 745. The molecule has 5 nitrogen and oxygen atoms in total. The van der Waals surface area contributed by atoms with Gasteiger partial charge in [-0.3, -0.25) is 4.79 Å². The van der Waals surface area contributed by atoms with Crippen molar-refractivity contribution < 1.29 is 19.4 Å². The number of para-hydroxylation sites is 2.